The number of ether oxygens (including phenoxy) is 2. The number of likely N-dealkylation sites (tertiary alicyclic amines) is 1. The van der Waals surface area contributed by atoms with E-state index < -0.39 is 0 Å². The van der Waals surface area contributed by atoms with Gasteiger partial charge in [0.05, 0.1) is 0 Å². The standard InChI is InChI=1S/C25H30N2O4/c1-18(28)4-2-5-22(29)20-11-14-27(15-12-20)16-19-7-9-21(10-8-19)24-17-30-23-6-3-13-26-25(23)31-24/h3,6-10,13,20,24H,2,4-5,11-12,14-17H2,1H3/t24-/m1/s1. The molecule has 0 amide bonds. The van der Waals surface area contributed by atoms with Crippen molar-refractivity contribution in [3.05, 3.63) is 53.7 Å². The zero-order valence-electron chi connectivity index (χ0n) is 18.1. The summed E-state index contributed by atoms with van der Waals surface area (Å²) in [5, 5.41) is 0. The summed E-state index contributed by atoms with van der Waals surface area (Å²) in [5.41, 5.74) is 2.33. The summed E-state index contributed by atoms with van der Waals surface area (Å²) in [6.45, 7) is 4.82. The molecular weight excluding hydrogens is 392 g/mol. The molecule has 1 atom stereocenters. The molecule has 4 rings (SSSR count). The number of piperidine rings is 1. The van der Waals surface area contributed by atoms with Crippen LogP contribution in [0.4, 0.5) is 0 Å². The molecule has 0 radical (unpaired) electrons. The van der Waals surface area contributed by atoms with E-state index >= 15 is 0 Å². The quantitative estimate of drug-likeness (QED) is 0.637. The third-order valence-electron chi connectivity index (χ3n) is 6.13. The normalized spacial score (nSPS) is 19.2. The van der Waals surface area contributed by atoms with Crippen LogP contribution in [0, 0.1) is 5.92 Å². The second-order valence-corrected chi connectivity index (χ2v) is 8.54. The molecule has 1 fully saturated rings. The summed E-state index contributed by atoms with van der Waals surface area (Å²) in [6, 6.07) is 12.2. The lowest BCUT2D eigenvalue weighted by Crippen LogP contribution is -2.35. The zero-order chi connectivity index (χ0) is 21.6. The van der Waals surface area contributed by atoms with Crippen molar-refractivity contribution in [1.29, 1.82) is 0 Å². The van der Waals surface area contributed by atoms with E-state index in [0.717, 1.165) is 38.0 Å². The van der Waals surface area contributed by atoms with Gasteiger partial charge in [0.2, 0.25) is 0 Å². The second-order valence-electron chi connectivity index (χ2n) is 8.54. The van der Waals surface area contributed by atoms with Gasteiger partial charge in [-0.25, -0.2) is 4.98 Å². The number of hydrogen-bond acceptors (Lipinski definition) is 6. The molecule has 0 bridgehead atoms. The molecule has 3 heterocycles. The summed E-state index contributed by atoms with van der Waals surface area (Å²) in [5.74, 6) is 1.89. The van der Waals surface area contributed by atoms with Crippen molar-refractivity contribution in [3.8, 4) is 11.6 Å². The lowest BCUT2D eigenvalue weighted by Gasteiger charge is -2.31. The number of carbonyl (C=O) groups excluding carboxylic acids is 2. The van der Waals surface area contributed by atoms with Gasteiger partial charge in [0.15, 0.2) is 11.9 Å². The number of fused-ring (bicyclic) bond motifs is 1. The minimum atomic E-state index is -0.152. The Morgan fingerprint density at radius 1 is 1.10 bits per heavy atom. The van der Waals surface area contributed by atoms with Crippen molar-refractivity contribution in [2.45, 2.75) is 51.7 Å². The molecule has 2 aliphatic rings. The van der Waals surface area contributed by atoms with E-state index in [1.807, 2.05) is 12.1 Å². The SMILES string of the molecule is CC(=O)CCCC(=O)C1CCN(Cc2ccc([C@H]3COc4cccnc4O3)cc2)CC1. The van der Waals surface area contributed by atoms with Crippen LogP contribution in [-0.4, -0.2) is 41.1 Å². The number of Topliss-reactive ketones (excluding diaryl/α,β-unsaturated/α-hetero) is 2. The van der Waals surface area contributed by atoms with Crippen molar-refractivity contribution in [2.24, 2.45) is 5.92 Å². The lowest BCUT2D eigenvalue weighted by molar-refractivity contribution is -0.124. The number of rotatable bonds is 8. The van der Waals surface area contributed by atoms with Gasteiger partial charge in [-0.15, -0.1) is 0 Å². The van der Waals surface area contributed by atoms with Crippen LogP contribution in [0.15, 0.2) is 42.6 Å². The van der Waals surface area contributed by atoms with Crippen LogP contribution in [0.1, 0.15) is 56.3 Å². The molecule has 6 heteroatoms. The Labute approximate surface area is 183 Å². The maximum atomic E-state index is 12.4. The molecule has 31 heavy (non-hydrogen) atoms. The van der Waals surface area contributed by atoms with Crippen molar-refractivity contribution in [3.63, 3.8) is 0 Å². The fourth-order valence-corrected chi connectivity index (χ4v) is 4.30. The van der Waals surface area contributed by atoms with Crippen LogP contribution in [0.3, 0.4) is 0 Å². The first kappa shape index (κ1) is 21.5. The number of carbonyl (C=O) groups is 2. The maximum Gasteiger partial charge on any atom is 0.257 e. The van der Waals surface area contributed by atoms with Crippen LogP contribution in [-0.2, 0) is 16.1 Å². The molecule has 1 aromatic carbocycles. The Balaban J connectivity index is 1.24. The van der Waals surface area contributed by atoms with Gasteiger partial charge in [-0.05, 0) is 62.5 Å². The average Bonchev–Trinajstić information content (AvgIpc) is 2.79. The zero-order valence-corrected chi connectivity index (χ0v) is 18.1. The molecule has 164 valence electrons. The van der Waals surface area contributed by atoms with Gasteiger partial charge < -0.3 is 14.3 Å². The Hall–Kier alpha value is -2.73. The number of benzene rings is 1. The highest BCUT2D eigenvalue weighted by atomic mass is 16.6. The van der Waals surface area contributed by atoms with Crippen LogP contribution in [0.5, 0.6) is 11.6 Å². The Morgan fingerprint density at radius 2 is 1.87 bits per heavy atom. The van der Waals surface area contributed by atoms with Crippen molar-refractivity contribution < 1.29 is 19.1 Å². The Bertz CT molecular complexity index is 904. The largest absolute Gasteiger partial charge is 0.484 e. The predicted molar refractivity (Wildman–Crippen MR) is 117 cm³/mol. The third-order valence-corrected chi connectivity index (χ3v) is 6.13. The van der Waals surface area contributed by atoms with E-state index in [0.29, 0.717) is 43.3 Å². The van der Waals surface area contributed by atoms with Crippen molar-refractivity contribution in [2.75, 3.05) is 19.7 Å². The number of pyridine rings is 1. The molecule has 6 nitrogen and oxygen atoms in total. The second kappa shape index (κ2) is 10.1. The number of aromatic nitrogens is 1. The highest BCUT2D eigenvalue weighted by Gasteiger charge is 2.25. The molecule has 0 spiro atoms. The molecule has 2 aromatic rings. The highest BCUT2D eigenvalue weighted by Crippen LogP contribution is 2.34. The van der Waals surface area contributed by atoms with Crippen molar-refractivity contribution in [1.82, 2.24) is 9.88 Å². The number of nitrogens with zero attached hydrogens (tertiary/aromatic N) is 2. The Morgan fingerprint density at radius 3 is 2.61 bits per heavy atom. The minimum absolute atomic E-state index is 0.152. The molecule has 0 N–H and O–H groups in total. The predicted octanol–water partition coefficient (Wildman–Crippen LogP) is 4.13. The van der Waals surface area contributed by atoms with Gasteiger partial charge in [0.25, 0.3) is 5.88 Å². The Kier molecular flexibility index (Phi) is 6.97. The monoisotopic (exact) mass is 422 g/mol. The van der Waals surface area contributed by atoms with Crippen molar-refractivity contribution >= 4 is 11.6 Å². The summed E-state index contributed by atoms with van der Waals surface area (Å²) in [6.07, 6.45) is 5.13. The molecule has 0 unspecified atom stereocenters. The molecular formula is C25H30N2O4. The molecule has 1 saturated heterocycles. The van der Waals surface area contributed by atoms with Crippen LogP contribution in [0.25, 0.3) is 0 Å². The van der Waals surface area contributed by atoms with E-state index in [1.54, 1.807) is 13.1 Å². The summed E-state index contributed by atoms with van der Waals surface area (Å²) < 4.78 is 11.8. The van der Waals surface area contributed by atoms with Gasteiger partial charge in [-0.1, -0.05) is 24.3 Å². The maximum absolute atomic E-state index is 12.4. The van der Waals surface area contributed by atoms with Crippen LogP contribution >= 0.6 is 0 Å². The van der Waals surface area contributed by atoms with Gasteiger partial charge in [0.1, 0.15) is 18.2 Å². The summed E-state index contributed by atoms with van der Waals surface area (Å²) >= 11 is 0. The van der Waals surface area contributed by atoms with E-state index in [-0.39, 0.29) is 17.8 Å². The molecule has 2 aliphatic heterocycles. The smallest absolute Gasteiger partial charge is 0.257 e. The first-order valence-corrected chi connectivity index (χ1v) is 11.2. The average molecular weight is 423 g/mol. The van der Waals surface area contributed by atoms with E-state index in [2.05, 4.69) is 34.1 Å². The fraction of sp³-hybridized carbons (Fsp3) is 0.480. The number of ketones is 2. The summed E-state index contributed by atoms with van der Waals surface area (Å²) in [4.78, 5) is 30.0. The van der Waals surface area contributed by atoms with Gasteiger partial charge in [0, 0.05) is 31.5 Å². The first-order chi connectivity index (χ1) is 15.1. The van der Waals surface area contributed by atoms with Gasteiger partial charge in [-0.3, -0.25) is 9.69 Å². The van der Waals surface area contributed by atoms with Gasteiger partial charge in [-0.2, -0.15) is 0 Å². The topological polar surface area (TPSA) is 68.7 Å². The van der Waals surface area contributed by atoms with Crippen LogP contribution < -0.4 is 9.47 Å². The molecule has 0 aliphatic carbocycles. The molecule has 1 aromatic heterocycles. The molecule has 0 saturated carbocycles. The highest BCUT2D eigenvalue weighted by molar-refractivity contribution is 5.82. The van der Waals surface area contributed by atoms with E-state index in [1.165, 1.54) is 5.56 Å². The summed E-state index contributed by atoms with van der Waals surface area (Å²) in [7, 11) is 0. The van der Waals surface area contributed by atoms with E-state index in [4.69, 9.17) is 9.47 Å². The lowest BCUT2D eigenvalue weighted by atomic mass is 9.89. The fourth-order valence-electron chi connectivity index (χ4n) is 4.30. The van der Waals surface area contributed by atoms with E-state index in [9.17, 15) is 9.59 Å². The van der Waals surface area contributed by atoms with Gasteiger partial charge >= 0.3 is 0 Å². The minimum Gasteiger partial charge on any atom is -0.484 e. The third kappa shape index (κ3) is 5.70. The number of hydrogen-bond donors (Lipinski definition) is 0. The first-order valence-electron chi connectivity index (χ1n) is 11.2. The van der Waals surface area contributed by atoms with Crippen LogP contribution in [0.2, 0.25) is 0 Å².